The van der Waals surface area contributed by atoms with Crippen LogP contribution >= 0.6 is 0 Å². The van der Waals surface area contributed by atoms with Crippen molar-refractivity contribution in [2.75, 3.05) is 13.7 Å². The SMILES string of the molecule is C/C=C(\OC)C1CCC(O)CC1.C/C=C(\OCCC)C1CCC(O)CC1.CC(C)c1ccc(COC(=O)C2CCCCC2O)cc1. The molecule has 0 amide bonds. The molecule has 0 aromatic heterocycles. The first-order valence-electron chi connectivity index (χ1n) is 17.9. The van der Waals surface area contributed by atoms with E-state index in [4.69, 9.17) is 14.2 Å². The minimum atomic E-state index is -0.528. The predicted molar refractivity (Wildman–Crippen MR) is 185 cm³/mol. The summed E-state index contributed by atoms with van der Waals surface area (Å²) in [6.07, 6.45) is 15.9. The van der Waals surface area contributed by atoms with Crippen molar-refractivity contribution in [1.29, 1.82) is 0 Å². The van der Waals surface area contributed by atoms with E-state index in [2.05, 4.69) is 39.0 Å². The molecule has 2 unspecified atom stereocenters. The highest BCUT2D eigenvalue weighted by Crippen LogP contribution is 2.31. The van der Waals surface area contributed by atoms with E-state index in [0.717, 1.165) is 101 Å². The maximum absolute atomic E-state index is 12.0. The molecule has 0 heterocycles. The molecule has 46 heavy (non-hydrogen) atoms. The molecule has 0 saturated heterocycles. The number of rotatable bonds is 10. The van der Waals surface area contributed by atoms with Gasteiger partial charge in [-0.15, -0.1) is 0 Å². The quantitative estimate of drug-likeness (QED) is 0.174. The van der Waals surface area contributed by atoms with Crippen LogP contribution in [0.4, 0.5) is 0 Å². The number of allylic oxidation sites excluding steroid dienone is 4. The summed E-state index contributed by atoms with van der Waals surface area (Å²) in [6, 6.07) is 8.15. The van der Waals surface area contributed by atoms with Crippen LogP contribution in [0.5, 0.6) is 0 Å². The standard InChI is InChI=1S/C17H24O3.C12H22O2.C10H18O2/c1-12(2)14-9-7-13(8-10-14)11-20-17(19)15-5-3-4-6-16(15)18;1-3-9-14-12(4-2)10-5-7-11(13)8-6-10;1-3-10(12-2)8-4-6-9(11)7-5-8/h7-10,12,15-16,18H,3-6,11H2,1-2H3;4,10-11,13H,3,5-9H2,1-2H3;3,8-9,11H,4-7H2,1-2H3/b;12-4-;10-3-. The Morgan fingerprint density at radius 3 is 1.76 bits per heavy atom. The molecular weight excluding hydrogens is 580 g/mol. The molecule has 0 bridgehead atoms. The lowest BCUT2D eigenvalue weighted by Gasteiger charge is -2.27. The van der Waals surface area contributed by atoms with Gasteiger partial charge in [0.15, 0.2) is 0 Å². The lowest BCUT2D eigenvalue weighted by Crippen LogP contribution is -2.32. The second-order valence-corrected chi connectivity index (χ2v) is 13.4. The first kappa shape index (κ1) is 39.8. The molecule has 1 aromatic carbocycles. The summed E-state index contributed by atoms with van der Waals surface area (Å²) < 4.78 is 16.3. The van der Waals surface area contributed by atoms with Crippen molar-refractivity contribution in [1.82, 2.24) is 0 Å². The first-order valence-corrected chi connectivity index (χ1v) is 17.9. The lowest BCUT2D eigenvalue weighted by atomic mass is 9.86. The number of aliphatic hydroxyl groups is 3. The molecule has 4 rings (SSSR count). The topological polar surface area (TPSA) is 105 Å². The summed E-state index contributed by atoms with van der Waals surface area (Å²) in [4.78, 5) is 12.0. The maximum Gasteiger partial charge on any atom is 0.311 e. The second kappa shape index (κ2) is 22.3. The van der Waals surface area contributed by atoms with E-state index < -0.39 is 6.10 Å². The van der Waals surface area contributed by atoms with Gasteiger partial charge in [0, 0.05) is 11.8 Å². The molecule has 0 spiro atoms. The van der Waals surface area contributed by atoms with Crippen LogP contribution in [0.3, 0.4) is 0 Å². The Labute approximate surface area is 279 Å². The summed E-state index contributed by atoms with van der Waals surface area (Å²) in [6.45, 7) is 11.6. The van der Waals surface area contributed by atoms with Crippen LogP contribution < -0.4 is 0 Å². The summed E-state index contributed by atoms with van der Waals surface area (Å²) in [5.41, 5.74) is 2.27. The van der Waals surface area contributed by atoms with Crippen LogP contribution in [-0.2, 0) is 25.6 Å². The normalized spacial score (nSPS) is 27.0. The van der Waals surface area contributed by atoms with Gasteiger partial charge in [-0.2, -0.15) is 0 Å². The molecule has 0 radical (unpaired) electrons. The number of methoxy groups -OCH3 is 1. The van der Waals surface area contributed by atoms with Crippen LogP contribution in [-0.4, -0.2) is 53.3 Å². The third-order valence-corrected chi connectivity index (χ3v) is 9.54. The fourth-order valence-corrected chi connectivity index (χ4v) is 6.54. The average molecular weight is 645 g/mol. The Balaban J connectivity index is 0.000000250. The third kappa shape index (κ3) is 14.2. The van der Waals surface area contributed by atoms with Crippen molar-refractivity contribution in [3.8, 4) is 0 Å². The van der Waals surface area contributed by atoms with E-state index >= 15 is 0 Å². The number of hydrogen-bond acceptors (Lipinski definition) is 7. The second-order valence-electron chi connectivity index (χ2n) is 13.4. The van der Waals surface area contributed by atoms with Crippen molar-refractivity contribution >= 4 is 5.97 Å². The van der Waals surface area contributed by atoms with Gasteiger partial charge in [0.05, 0.1) is 49.5 Å². The Morgan fingerprint density at radius 1 is 0.783 bits per heavy atom. The molecule has 0 aliphatic heterocycles. The number of ether oxygens (including phenoxy) is 3. The number of aliphatic hydroxyl groups excluding tert-OH is 3. The molecule has 7 heteroatoms. The van der Waals surface area contributed by atoms with E-state index in [-0.39, 0.29) is 24.1 Å². The number of carbonyl (C=O) groups is 1. The van der Waals surface area contributed by atoms with Crippen molar-refractivity contribution in [2.45, 2.75) is 149 Å². The largest absolute Gasteiger partial charge is 0.501 e. The van der Waals surface area contributed by atoms with Crippen molar-refractivity contribution in [2.24, 2.45) is 17.8 Å². The van der Waals surface area contributed by atoms with Crippen molar-refractivity contribution in [3.63, 3.8) is 0 Å². The van der Waals surface area contributed by atoms with Crippen molar-refractivity contribution in [3.05, 3.63) is 59.1 Å². The third-order valence-electron chi connectivity index (χ3n) is 9.54. The van der Waals surface area contributed by atoms with E-state index in [1.807, 2.05) is 32.1 Å². The Hall–Kier alpha value is -2.35. The van der Waals surface area contributed by atoms with Gasteiger partial charge >= 0.3 is 5.97 Å². The zero-order valence-electron chi connectivity index (χ0n) is 29.6. The molecular formula is C39H64O7. The highest BCUT2D eigenvalue weighted by Gasteiger charge is 2.30. The van der Waals surface area contributed by atoms with E-state index in [1.165, 1.54) is 5.56 Å². The Bertz CT molecular complexity index is 1020. The molecule has 2 atom stereocenters. The highest BCUT2D eigenvalue weighted by atomic mass is 16.5. The molecule has 7 nitrogen and oxygen atoms in total. The Kier molecular flexibility index (Phi) is 19.3. The van der Waals surface area contributed by atoms with Gasteiger partial charge in [0.25, 0.3) is 0 Å². The number of hydrogen-bond donors (Lipinski definition) is 3. The maximum atomic E-state index is 12.0. The molecule has 1 aromatic rings. The van der Waals surface area contributed by atoms with E-state index in [0.29, 0.717) is 30.8 Å². The Morgan fingerprint density at radius 2 is 1.30 bits per heavy atom. The summed E-state index contributed by atoms with van der Waals surface area (Å²) >= 11 is 0. The van der Waals surface area contributed by atoms with Gasteiger partial charge in [-0.3, -0.25) is 4.79 Å². The molecule has 3 aliphatic carbocycles. The monoisotopic (exact) mass is 644 g/mol. The van der Waals surface area contributed by atoms with Crippen LogP contribution in [0.15, 0.2) is 47.9 Å². The minimum Gasteiger partial charge on any atom is -0.501 e. The number of esters is 1. The van der Waals surface area contributed by atoms with Crippen LogP contribution in [0, 0.1) is 17.8 Å². The van der Waals surface area contributed by atoms with Crippen LogP contribution in [0.25, 0.3) is 0 Å². The van der Waals surface area contributed by atoms with Gasteiger partial charge in [0.1, 0.15) is 6.61 Å². The summed E-state index contributed by atoms with van der Waals surface area (Å²) in [5, 5.41) is 28.5. The molecule has 3 aliphatic rings. The minimum absolute atomic E-state index is 0.0730. The zero-order valence-corrected chi connectivity index (χ0v) is 29.6. The molecule has 3 N–H and O–H groups in total. The lowest BCUT2D eigenvalue weighted by molar-refractivity contribution is -0.155. The van der Waals surface area contributed by atoms with E-state index in [1.54, 1.807) is 7.11 Å². The average Bonchev–Trinajstić information content (AvgIpc) is 3.07. The highest BCUT2D eigenvalue weighted by molar-refractivity contribution is 5.73. The number of carbonyl (C=O) groups excluding carboxylic acids is 1. The predicted octanol–water partition coefficient (Wildman–Crippen LogP) is 8.36. The zero-order chi connectivity index (χ0) is 33.9. The van der Waals surface area contributed by atoms with Gasteiger partial charge in [-0.05, 0) is 114 Å². The smallest absolute Gasteiger partial charge is 0.311 e. The van der Waals surface area contributed by atoms with Gasteiger partial charge in [0.2, 0.25) is 0 Å². The van der Waals surface area contributed by atoms with Crippen LogP contribution in [0.1, 0.15) is 135 Å². The fraction of sp³-hybridized carbons (Fsp3) is 0.718. The van der Waals surface area contributed by atoms with E-state index in [9.17, 15) is 20.1 Å². The first-order chi connectivity index (χ1) is 22.1. The number of benzene rings is 1. The molecule has 262 valence electrons. The van der Waals surface area contributed by atoms with Gasteiger partial charge in [-0.1, -0.05) is 57.9 Å². The fourth-order valence-electron chi connectivity index (χ4n) is 6.54. The summed E-state index contributed by atoms with van der Waals surface area (Å²) in [7, 11) is 1.72. The molecule has 3 saturated carbocycles. The summed E-state index contributed by atoms with van der Waals surface area (Å²) in [5.74, 6) is 3.23. The molecule has 3 fully saturated rings. The van der Waals surface area contributed by atoms with Gasteiger partial charge < -0.3 is 29.5 Å². The van der Waals surface area contributed by atoms with Crippen LogP contribution in [0.2, 0.25) is 0 Å². The van der Waals surface area contributed by atoms with Crippen molar-refractivity contribution < 1.29 is 34.3 Å². The van der Waals surface area contributed by atoms with Gasteiger partial charge in [-0.25, -0.2) is 0 Å².